The highest BCUT2D eigenvalue weighted by Gasteiger charge is 2.08. The minimum Gasteiger partial charge on any atom is -0.397 e. The van der Waals surface area contributed by atoms with Crippen LogP contribution in [0.4, 0.5) is 5.69 Å². The molecule has 4 nitrogen and oxygen atoms in total. The van der Waals surface area contributed by atoms with Crippen LogP contribution in [0.2, 0.25) is 0 Å². The largest absolute Gasteiger partial charge is 0.397 e. The highest BCUT2D eigenvalue weighted by atomic mass is 14.8. The summed E-state index contributed by atoms with van der Waals surface area (Å²) in [6, 6.07) is 1.72. The fourth-order valence-corrected chi connectivity index (χ4v) is 0.917. The lowest BCUT2D eigenvalue weighted by atomic mass is 10.1. The van der Waals surface area contributed by atoms with Crippen LogP contribution >= 0.6 is 0 Å². The van der Waals surface area contributed by atoms with E-state index in [-0.39, 0.29) is 6.04 Å². The molecule has 0 unspecified atom stereocenters. The first-order valence-corrected chi connectivity index (χ1v) is 3.30. The Hall–Kier alpha value is -1.47. The van der Waals surface area contributed by atoms with Gasteiger partial charge in [-0.25, -0.2) is 0 Å². The van der Waals surface area contributed by atoms with Crippen molar-refractivity contribution in [3.8, 4) is 6.07 Å². The summed E-state index contributed by atoms with van der Waals surface area (Å²) in [7, 11) is 0. The van der Waals surface area contributed by atoms with E-state index in [2.05, 4.69) is 4.98 Å². The maximum Gasteiger partial charge on any atom is 0.0641 e. The fraction of sp³-hybridized carbons (Fsp3) is 0.286. The van der Waals surface area contributed by atoms with Crippen molar-refractivity contribution < 1.29 is 0 Å². The number of aromatic nitrogens is 1. The number of hydrogen-bond donors (Lipinski definition) is 3. The molecule has 0 fully saturated rings. The summed E-state index contributed by atoms with van der Waals surface area (Å²) < 4.78 is 0. The number of nitrogens with two attached hydrogens (primary N) is 2. The number of aromatic amines is 1. The smallest absolute Gasteiger partial charge is 0.0641 e. The molecule has 0 bridgehead atoms. The topological polar surface area (TPSA) is 91.6 Å². The molecule has 0 radical (unpaired) electrons. The van der Waals surface area contributed by atoms with Crippen molar-refractivity contribution in [1.82, 2.24) is 4.98 Å². The molecule has 0 saturated carbocycles. The monoisotopic (exact) mass is 150 g/mol. The van der Waals surface area contributed by atoms with Crippen LogP contribution in [0.5, 0.6) is 0 Å². The van der Waals surface area contributed by atoms with E-state index >= 15 is 0 Å². The summed E-state index contributed by atoms with van der Waals surface area (Å²) in [4.78, 5) is 2.82. The highest BCUT2D eigenvalue weighted by molar-refractivity contribution is 5.46. The summed E-state index contributed by atoms with van der Waals surface area (Å²) >= 11 is 0. The number of nitrogens with zero attached hydrogens (tertiary/aromatic N) is 1. The third kappa shape index (κ3) is 1.51. The van der Waals surface area contributed by atoms with Gasteiger partial charge in [-0.1, -0.05) is 0 Å². The first-order valence-electron chi connectivity index (χ1n) is 3.30. The summed E-state index contributed by atoms with van der Waals surface area (Å²) in [6.45, 7) is 0. The van der Waals surface area contributed by atoms with Crippen molar-refractivity contribution in [2.45, 2.75) is 12.5 Å². The molecule has 1 atom stereocenters. The molecular weight excluding hydrogens is 140 g/mol. The van der Waals surface area contributed by atoms with E-state index in [4.69, 9.17) is 16.7 Å². The Morgan fingerprint density at radius 2 is 2.36 bits per heavy atom. The molecule has 0 amide bonds. The van der Waals surface area contributed by atoms with Crippen LogP contribution in [0.1, 0.15) is 18.0 Å². The van der Waals surface area contributed by atoms with Crippen LogP contribution in [0.25, 0.3) is 0 Å². The van der Waals surface area contributed by atoms with Crippen molar-refractivity contribution in [2.24, 2.45) is 5.73 Å². The lowest BCUT2D eigenvalue weighted by Crippen LogP contribution is -2.09. The Morgan fingerprint density at radius 3 is 2.82 bits per heavy atom. The molecule has 4 heteroatoms. The van der Waals surface area contributed by atoms with Gasteiger partial charge in [-0.05, 0) is 0 Å². The van der Waals surface area contributed by atoms with Gasteiger partial charge < -0.3 is 16.5 Å². The zero-order valence-corrected chi connectivity index (χ0v) is 6.04. The van der Waals surface area contributed by atoms with Crippen LogP contribution in [-0.2, 0) is 0 Å². The van der Waals surface area contributed by atoms with Gasteiger partial charge in [0.15, 0.2) is 0 Å². The van der Waals surface area contributed by atoms with Crippen LogP contribution in [-0.4, -0.2) is 4.98 Å². The van der Waals surface area contributed by atoms with E-state index < -0.39 is 0 Å². The lowest BCUT2D eigenvalue weighted by molar-refractivity contribution is 0.752. The molecular formula is C7H10N4. The van der Waals surface area contributed by atoms with E-state index in [1.807, 2.05) is 6.07 Å². The van der Waals surface area contributed by atoms with E-state index in [0.29, 0.717) is 12.1 Å². The quantitative estimate of drug-likeness (QED) is 0.573. The standard InChI is InChI=1S/C7H10N4/c8-2-1-6(9)5-3-11-4-7(5)10/h3-4,6,11H,1,9-10H2/t6-/m1/s1. The maximum absolute atomic E-state index is 8.35. The van der Waals surface area contributed by atoms with Gasteiger partial charge in [-0.15, -0.1) is 0 Å². The average Bonchev–Trinajstić information content (AvgIpc) is 2.36. The van der Waals surface area contributed by atoms with Gasteiger partial charge in [-0.2, -0.15) is 5.26 Å². The zero-order chi connectivity index (χ0) is 8.27. The minimum absolute atomic E-state index is 0.272. The van der Waals surface area contributed by atoms with E-state index in [1.54, 1.807) is 12.4 Å². The number of nitrogens with one attached hydrogen (secondary N) is 1. The Morgan fingerprint density at radius 1 is 1.64 bits per heavy atom. The predicted octanol–water partition coefficient (Wildman–Crippen LogP) is 0.510. The van der Waals surface area contributed by atoms with E-state index in [9.17, 15) is 0 Å². The number of nitrogen functional groups attached to an aromatic ring is 1. The third-order valence-corrected chi connectivity index (χ3v) is 1.52. The number of hydrogen-bond acceptors (Lipinski definition) is 3. The molecule has 1 heterocycles. The highest BCUT2D eigenvalue weighted by Crippen LogP contribution is 2.19. The summed E-state index contributed by atoms with van der Waals surface area (Å²) in [5.41, 5.74) is 12.6. The van der Waals surface area contributed by atoms with Gasteiger partial charge in [0.25, 0.3) is 0 Å². The van der Waals surface area contributed by atoms with Gasteiger partial charge in [-0.3, -0.25) is 0 Å². The number of H-pyrrole nitrogens is 1. The molecule has 0 aliphatic rings. The van der Waals surface area contributed by atoms with Gasteiger partial charge in [0.1, 0.15) is 0 Å². The Balaban J connectivity index is 2.77. The second-order valence-corrected chi connectivity index (χ2v) is 2.33. The molecule has 0 aliphatic carbocycles. The minimum atomic E-state index is -0.272. The maximum atomic E-state index is 8.35. The van der Waals surface area contributed by atoms with Gasteiger partial charge >= 0.3 is 0 Å². The zero-order valence-electron chi connectivity index (χ0n) is 6.04. The Bertz CT molecular complexity index is 270. The van der Waals surface area contributed by atoms with Crippen LogP contribution in [0, 0.1) is 11.3 Å². The SMILES string of the molecule is N#CC[C@@H](N)c1c[nH]cc1N. The molecule has 0 spiro atoms. The number of nitriles is 1. The molecule has 58 valence electrons. The molecule has 0 saturated heterocycles. The molecule has 11 heavy (non-hydrogen) atoms. The van der Waals surface area contributed by atoms with Crippen LogP contribution < -0.4 is 11.5 Å². The Labute approximate surface area is 64.8 Å². The Kier molecular flexibility index (Phi) is 2.14. The summed E-state index contributed by atoms with van der Waals surface area (Å²) in [6.07, 6.45) is 3.67. The molecule has 1 aromatic heterocycles. The average molecular weight is 150 g/mol. The van der Waals surface area contributed by atoms with Crippen molar-refractivity contribution in [1.29, 1.82) is 5.26 Å². The molecule has 0 aliphatic heterocycles. The second kappa shape index (κ2) is 3.08. The predicted molar refractivity (Wildman–Crippen MR) is 42.4 cm³/mol. The van der Waals surface area contributed by atoms with E-state index in [1.165, 1.54) is 0 Å². The molecule has 0 aromatic carbocycles. The fourth-order valence-electron chi connectivity index (χ4n) is 0.917. The number of anilines is 1. The first kappa shape index (κ1) is 7.63. The molecule has 1 aromatic rings. The van der Waals surface area contributed by atoms with Gasteiger partial charge in [0.05, 0.1) is 18.2 Å². The molecule has 5 N–H and O–H groups in total. The van der Waals surface area contributed by atoms with Crippen LogP contribution in [0.3, 0.4) is 0 Å². The normalized spacial score (nSPS) is 12.4. The number of rotatable bonds is 2. The van der Waals surface area contributed by atoms with Crippen molar-refractivity contribution in [3.63, 3.8) is 0 Å². The second-order valence-electron chi connectivity index (χ2n) is 2.33. The van der Waals surface area contributed by atoms with Crippen molar-refractivity contribution in [3.05, 3.63) is 18.0 Å². The summed E-state index contributed by atoms with van der Waals surface area (Å²) in [5.74, 6) is 0. The lowest BCUT2D eigenvalue weighted by Gasteiger charge is -2.04. The van der Waals surface area contributed by atoms with Crippen LogP contribution in [0.15, 0.2) is 12.4 Å². The first-order chi connectivity index (χ1) is 5.25. The van der Waals surface area contributed by atoms with Crippen molar-refractivity contribution >= 4 is 5.69 Å². The van der Waals surface area contributed by atoms with Crippen molar-refractivity contribution in [2.75, 3.05) is 5.73 Å². The van der Waals surface area contributed by atoms with E-state index in [0.717, 1.165) is 5.56 Å². The summed E-state index contributed by atoms with van der Waals surface area (Å²) in [5, 5.41) is 8.35. The third-order valence-electron chi connectivity index (χ3n) is 1.52. The molecule has 1 rings (SSSR count). The van der Waals surface area contributed by atoms with Gasteiger partial charge in [0.2, 0.25) is 0 Å². The van der Waals surface area contributed by atoms with Gasteiger partial charge in [0, 0.05) is 24.0 Å².